The number of nitrogens with one attached hydrogen (secondary N) is 2. The molecule has 0 bridgehead atoms. The SMILES string of the molecule is CNC(=O)[C@H](CC(C)C)C[C@@H](O)[C@@H](CC1CCCCC1)NC(=O)c1cnc2ccccc2c1. The van der Waals surface area contributed by atoms with E-state index in [2.05, 4.69) is 29.5 Å². The summed E-state index contributed by atoms with van der Waals surface area (Å²) in [6.45, 7) is 4.16. The zero-order valence-corrected chi connectivity index (χ0v) is 20.2. The number of hydrogen-bond donors (Lipinski definition) is 3. The quantitative estimate of drug-likeness (QED) is 0.495. The van der Waals surface area contributed by atoms with Crippen LogP contribution in [0.5, 0.6) is 0 Å². The van der Waals surface area contributed by atoms with Crippen molar-refractivity contribution in [3.05, 3.63) is 42.1 Å². The van der Waals surface area contributed by atoms with E-state index in [0.29, 0.717) is 30.2 Å². The average Bonchev–Trinajstić information content (AvgIpc) is 2.82. The molecule has 0 saturated heterocycles. The molecule has 0 spiro atoms. The molecule has 3 atom stereocenters. The van der Waals surface area contributed by atoms with Crippen molar-refractivity contribution in [3.8, 4) is 0 Å². The highest BCUT2D eigenvalue weighted by molar-refractivity contribution is 5.97. The molecule has 1 aromatic carbocycles. The summed E-state index contributed by atoms with van der Waals surface area (Å²) in [5.41, 5.74) is 1.33. The summed E-state index contributed by atoms with van der Waals surface area (Å²) in [6, 6.07) is 9.15. The molecule has 0 aliphatic heterocycles. The van der Waals surface area contributed by atoms with E-state index in [4.69, 9.17) is 0 Å². The van der Waals surface area contributed by atoms with Crippen LogP contribution in [-0.4, -0.2) is 41.1 Å². The number of aromatic nitrogens is 1. The molecule has 3 rings (SSSR count). The van der Waals surface area contributed by atoms with Gasteiger partial charge in [0, 0.05) is 24.5 Å². The van der Waals surface area contributed by atoms with E-state index in [-0.39, 0.29) is 17.7 Å². The molecule has 180 valence electrons. The Kier molecular flexibility index (Phi) is 9.24. The topological polar surface area (TPSA) is 91.3 Å². The van der Waals surface area contributed by atoms with Crippen LogP contribution in [-0.2, 0) is 4.79 Å². The highest BCUT2D eigenvalue weighted by Crippen LogP contribution is 2.29. The Morgan fingerprint density at radius 1 is 1.12 bits per heavy atom. The van der Waals surface area contributed by atoms with Crippen LogP contribution in [0.1, 0.15) is 75.6 Å². The van der Waals surface area contributed by atoms with E-state index < -0.39 is 12.1 Å². The molecular formula is C27H39N3O3. The van der Waals surface area contributed by atoms with Gasteiger partial charge < -0.3 is 15.7 Å². The van der Waals surface area contributed by atoms with Gasteiger partial charge in [0.05, 0.1) is 23.2 Å². The second-order valence-corrected chi connectivity index (χ2v) is 9.98. The Labute approximate surface area is 197 Å². The highest BCUT2D eigenvalue weighted by atomic mass is 16.3. The van der Waals surface area contributed by atoms with Crippen molar-refractivity contribution in [3.63, 3.8) is 0 Å². The minimum atomic E-state index is -0.787. The Morgan fingerprint density at radius 2 is 1.85 bits per heavy atom. The van der Waals surface area contributed by atoms with Gasteiger partial charge in [-0.3, -0.25) is 14.6 Å². The zero-order valence-electron chi connectivity index (χ0n) is 20.2. The van der Waals surface area contributed by atoms with Gasteiger partial charge in [-0.2, -0.15) is 0 Å². The molecule has 33 heavy (non-hydrogen) atoms. The molecule has 1 aromatic heterocycles. The summed E-state index contributed by atoms with van der Waals surface area (Å²) in [5.74, 6) is 0.266. The lowest BCUT2D eigenvalue weighted by Crippen LogP contribution is -2.46. The first kappa shape index (κ1) is 25.2. The summed E-state index contributed by atoms with van der Waals surface area (Å²) >= 11 is 0. The maximum atomic E-state index is 13.2. The summed E-state index contributed by atoms with van der Waals surface area (Å²) in [4.78, 5) is 30.0. The first-order valence-corrected chi connectivity index (χ1v) is 12.4. The number of aliphatic hydroxyl groups is 1. The van der Waals surface area contributed by atoms with Crippen LogP contribution in [0.3, 0.4) is 0 Å². The van der Waals surface area contributed by atoms with Crippen molar-refractivity contribution >= 4 is 22.7 Å². The molecule has 6 heteroatoms. The number of carbonyl (C=O) groups is 2. The van der Waals surface area contributed by atoms with Crippen molar-refractivity contribution in [2.75, 3.05) is 7.05 Å². The van der Waals surface area contributed by atoms with Gasteiger partial charge >= 0.3 is 0 Å². The third-order valence-electron chi connectivity index (χ3n) is 6.84. The largest absolute Gasteiger partial charge is 0.391 e. The van der Waals surface area contributed by atoms with Gasteiger partial charge in [-0.25, -0.2) is 0 Å². The number of nitrogens with zero attached hydrogens (tertiary/aromatic N) is 1. The van der Waals surface area contributed by atoms with Crippen LogP contribution in [0.4, 0.5) is 0 Å². The van der Waals surface area contributed by atoms with Crippen LogP contribution in [0.2, 0.25) is 0 Å². The van der Waals surface area contributed by atoms with E-state index >= 15 is 0 Å². The summed E-state index contributed by atoms with van der Waals surface area (Å²) in [7, 11) is 1.63. The van der Waals surface area contributed by atoms with Crippen LogP contribution < -0.4 is 10.6 Å². The van der Waals surface area contributed by atoms with Crippen molar-refractivity contribution in [2.24, 2.45) is 17.8 Å². The number of fused-ring (bicyclic) bond motifs is 1. The van der Waals surface area contributed by atoms with Gasteiger partial charge in [0.2, 0.25) is 5.91 Å². The summed E-state index contributed by atoms with van der Waals surface area (Å²) in [6.07, 6.45) is 8.49. The number of hydrogen-bond acceptors (Lipinski definition) is 4. The Bertz CT molecular complexity index is 924. The Hall–Kier alpha value is -2.47. The maximum Gasteiger partial charge on any atom is 0.253 e. The van der Waals surface area contributed by atoms with Crippen LogP contribution in [0.15, 0.2) is 36.5 Å². The van der Waals surface area contributed by atoms with Crippen molar-refractivity contribution in [1.82, 2.24) is 15.6 Å². The third-order valence-corrected chi connectivity index (χ3v) is 6.84. The van der Waals surface area contributed by atoms with Crippen molar-refractivity contribution in [1.29, 1.82) is 0 Å². The van der Waals surface area contributed by atoms with E-state index in [9.17, 15) is 14.7 Å². The van der Waals surface area contributed by atoms with E-state index in [1.165, 1.54) is 19.3 Å². The second kappa shape index (κ2) is 12.1. The number of para-hydroxylation sites is 1. The number of pyridine rings is 1. The van der Waals surface area contributed by atoms with E-state index in [0.717, 1.165) is 30.2 Å². The predicted molar refractivity (Wildman–Crippen MR) is 132 cm³/mol. The third kappa shape index (κ3) is 7.26. The lowest BCUT2D eigenvalue weighted by molar-refractivity contribution is -0.126. The smallest absolute Gasteiger partial charge is 0.253 e. The average molecular weight is 454 g/mol. The predicted octanol–water partition coefficient (Wildman–Crippen LogP) is 4.46. The first-order valence-electron chi connectivity index (χ1n) is 12.4. The van der Waals surface area contributed by atoms with Gasteiger partial charge in [-0.15, -0.1) is 0 Å². The molecular weight excluding hydrogens is 414 g/mol. The molecule has 3 N–H and O–H groups in total. The monoisotopic (exact) mass is 453 g/mol. The number of rotatable bonds is 10. The fourth-order valence-electron chi connectivity index (χ4n) is 5.08. The summed E-state index contributed by atoms with van der Waals surface area (Å²) < 4.78 is 0. The fourth-order valence-corrected chi connectivity index (χ4v) is 5.08. The van der Waals surface area contributed by atoms with Gasteiger partial charge in [-0.05, 0) is 43.2 Å². The van der Waals surface area contributed by atoms with Gasteiger partial charge in [0.25, 0.3) is 5.91 Å². The molecule has 1 aliphatic carbocycles. The molecule has 1 aliphatic rings. The maximum absolute atomic E-state index is 13.2. The number of aliphatic hydroxyl groups excluding tert-OH is 1. The molecule has 1 fully saturated rings. The van der Waals surface area contributed by atoms with E-state index in [1.54, 1.807) is 13.2 Å². The zero-order chi connectivity index (χ0) is 23.8. The number of carbonyl (C=O) groups excluding carboxylic acids is 2. The molecule has 2 amide bonds. The molecule has 1 heterocycles. The normalized spacial score (nSPS) is 17.5. The van der Waals surface area contributed by atoms with Crippen molar-refractivity contribution < 1.29 is 14.7 Å². The Morgan fingerprint density at radius 3 is 2.55 bits per heavy atom. The van der Waals surface area contributed by atoms with Crippen LogP contribution >= 0.6 is 0 Å². The van der Waals surface area contributed by atoms with E-state index in [1.807, 2.05) is 30.3 Å². The number of benzene rings is 1. The lowest BCUT2D eigenvalue weighted by atomic mass is 9.81. The molecule has 0 unspecified atom stereocenters. The van der Waals surface area contributed by atoms with Crippen LogP contribution in [0, 0.1) is 17.8 Å². The standard InChI is InChI=1S/C27H39N3O3/c1-18(2)13-21(26(32)28-3)16-25(31)24(14-19-9-5-4-6-10-19)30-27(33)22-15-20-11-7-8-12-23(20)29-17-22/h7-8,11-12,15,17-19,21,24-25,31H,4-6,9-10,13-14,16H2,1-3H3,(H,28,32)(H,30,33)/t21-,24-,25-/m1/s1. The molecule has 2 aromatic rings. The first-order chi connectivity index (χ1) is 15.9. The molecule has 0 radical (unpaired) electrons. The fraction of sp³-hybridized carbons (Fsp3) is 0.593. The van der Waals surface area contributed by atoms with Crippen molar-refractivity contribution in [2.45, 2.75) is 77.4 Å². The van der Waals surface area contributed by atoms with Gasteiger partial charge in [-0.1, -0.05) is 64.2 Å². The lowest BCUT2D eigenvalue weighted by Gasteiger charge is -2.32. The van der Waals surface area contributed by atoms with Crippen LogP contribution in [0.25, 0.3) is 10.9 Å². The van der Waals surface area contributed by atoms with Gasteiger partial charge in [0.1, 0.15) is 0 Å². The highest BCUT2D eigenvalue weighted by Gasteiger charge is 2.30. The number of amides is 2. The molecule has 6 nitrogen and oxygen atoms in total. The summed E-state index contributed by atoms with van der Waals surface area (Å²) in [5, 5.41) is 18.0. The molecule has 1 saturated carbocycles. The Balaban J connectivity index is 1.76. The van der Waals surface area contributed by atoms with Gasteiger partial charge in [0.15, 0.2) is 0 Å². The minimum absolute atomic E-state index is 0.0516. The minimum Gasteiger partial charge on any atom is -0.391 e. The second-order valence-electron chi connectivity index (χ2n) is 9.98.